The molecule has 3 aromatic rings. The Bertz CT molecular complexity index is 1290. The van der Waals surface area contributed by atoms with Crippen LogP contribution in [0.2, 0.25) is 0 Å². The molecule has 0 unspecified atom stereocenters. The first kappa shape index (κ1) is 24.3. The molecule has 6 heteroatoms. The summed E-state index contributed by atoms with van der Waals surface area (Å²) in [5.41, 5.74) is 9.32. The number of rotatable bonds is 6. The van der Waals surface area contributed by atoms with E-state index in [2.05, 4.69) is 65.8 Å². The lowest BCUT2D eigenvalue weighted by molar-refractivity contribution is -0.122. The van der Waals surface area contributed by atoms with E-state index < -0.39 is 0 Å². The van der Waals surface area contributed by atoms with Crippen molar-refractivity contribution in [1.82, 2.24) is 5.43 Å². The second-order valence-electron chi connectivity index (χ2n) is 10.3. The monoisotopic (exact) mass is 468 g/mol. The zero-order valence-corrected chi connectivity index (χ0v) is 20.9. The van der Waals surface area contributed by atoms with Crippen LogP contribution in [0.3, 0.4) is 0 Å². The van der Waals surface area contributed by atoms with Crippen LogP contribution in [-0.2, 0) is 10.2 Å². The van der Waals surface area contributed by atoms with E-state index in [1.807, 2.05) is 32.0 Å². The summed E-state index contributed by atoms with van der Waals surface area (Å²) in [5.74, 6) is 0.0775. The van der Waals surface area contributed by atoms with Crippen molar-refractivity contribution in [3.05, 3.63) is 88.5 Å². The van der Waals surface area contributed by atoms with Crippen LogP contribution in [0, 0.1) is 19.8 Å². The van der Waals surface area contributed by atoms with Gasteiger partial charge in [0, 0.05) is 11.5 Å². The van der Waals surface area contributed by atoms with E-state index in [9.17, 15) is 9.90 Å². The van der Waals surface area contributed by atoms with E-state index in [1.165, 1.54) is 29.0 Å². The molecule has 2 atom stereocenters. The van der Waals surface area contributed by atoms with Crippen molar-refractivity contribution in [2.24, 2.45) is 21.2 Å². The quantitative estimate of drug-likeness (QED) is 0.232. The molecule has 6 nitrogen and oxygen atoms in total. The second kappa shape index (κ2) is 9.82. The predicted molar refractivity (Wildman–Crippen MR) is 140 cm³/mol. The predicted octanol–water partition coefficient (Wildman–Crippen LogP) is 6.98. The third-order valence-corrected chi connectivity index (χ3v) is 6.49. The van der Waals surface area contributed by atoms with Gasteiger partial charge in [0.15, 0.2) is 0 Å². The summed E-state index contributed by atoms with van der Waals surface area (Å²) in [4.78, 5) is 12.5. The summed E-state index contributed by atoms with van der Waals surface area (Å²) in [5, 5.41) is 22.8. The fraction of sp³-hybridized carbons (Fsp3) is 0.310. The van der Waals surface area contributed by atoms with Crippen LogP contribution in [0.15, 0.2) is 76.0 Å². The van der Waals surface area contributed by atoms with E-state index in [0.717, 1.165) is 17.7 Å². The molecule has 180 valence electrons. The highest BCUT2D eigenvalue weighted by Crippen LogP contribution is 2.47. The number of hydrogen-bond acceptors (Lipinski definition) is 5. The Morgan fingerprint density at radius 2 is 1.60 bits per heavy atom. The number of nitrogens with one attached hydrogen (secondary N) is 1. The molecule has 1 amide bonds. The smallest absolute Gasteiger partial charge is 0.243 e. The molecule has 0 aromatic heterocycles. The lowest BCUT2D eigenvalue weighted by Gasteiger charge is -2.19. The van der Waals surface area contributed by atoms with Gasteiger partial charge >= 0.3 is 0 Å². The minimum atomic E-state index is -0.115. The van der Waals surface area contributed by atoms with Crippen LogP contribution in [0.4, 0.5) is 11.4 Å². The van der Waals surface area contributed by atoms with Gasteiger partial charge in [-0.15, -0.1) is 0 Å². The zero-order valence-electron chi connectivity index (χ0n) is 20.9. The van der Waals surface area contributed by atoms with Gasteiger partial charge < -0.3 is 5.11 Å². The molecule has 0 spiro atoms. The molecule has 35 heavy (non-hydrogen) atoms. The summed E-state index contributed by atoms with van der Waals surface area (Å²) >= 11 is 0. The fourth-order valence-corrected chi connectivity index (χ4v) is 3.94. The van der Waals surface area contributed by atoms with Crippen LogP contribution >= 0.6 is 0 Å². The third kappa shape index (κ3) is 6.01. The topological polar surface area (TPSA) is 86.4 Å². The molecule has 4 rings (SSSR count). The molecule has 1 fully saturated rings. The maximum absolute atomic E-state index is 12.5. The highest BCUT2D eigenvalue weighted by Gasteiger charge is 2.44. The van der Waals surface area contributed by atoms with Gasteiger partial charge in [-0.1, -0.05) is 51.1 Å². The normalized spacial score (nSPS) is 17.7. The fourth-order valence-electron chi connectivity index (χ4n) is 3.94. The Morgan fingerprint density at radius 1 is 0.943 bits per heavy atom. The number of phenols is 1. The van der Waals surface area contributed by atoms with E-state index in [4.69, 9.17) is 0 Å². The van der Waals surface area contributed by atoms with E-state index >= 15 is 0 Å². The minimum Gasteiger partial charge on any atom is -0.507 e. The van der Waals surface area contributed by atoms with Gasteiger partial charge in [0.05, 0.1) is 17.6 Å². The van der Waals surface area contributed by atoms with Crippen LogP contribution < -0.4 is 5.43 Å². The number of phenolic OH excluding ortho intramolecular Hbond substituents is 1. The molecular formula is C29H32N4O2. The van der Waals surface area contributed by atoms with Gasteiger partial charge in [0.1, 0.15) is 5.75 Å². The maximum Gasteiger partial charge on any atom is 0.243 e. The molecule has 0 aliphatic heterocycles. The lowest BCUT2D eigenvalue weighted by Crippen LogP contribution is -2.20. The number of azo groups is 1. The zero-order chi connectivity index (χ0) is 25.2. The van der Waals surface area contributed by atoms with Gasteiger partial charge in [0.2, 0.25) is 5.91 Å². The first-order chi connectivity index (χ1) is 16.6. The van der Waals surface area contributed by atoms with E-state index in [1.54, 1.807) is 12.1 Å². The summed E-state index contributed by atoms with van der Waals surface area (Å²) in [7, 11) is 0. The number of aromatic hydroxyl groups is 1. The van der Waals surface area contributed by atoms with Crippen molar-refractivity contribution in [2.75, 3.05) is 0 Å². The van der Waals surface area contributed by atoms with E-state index in [0.29, 0.717) is 11.3 Å². The van der Waals surface area contributed by atoms with Gasteiger partial charge in [-0.25, -0.2) is 5.43 Å². The average molecular weight is 469 g/mol. The second-order valence-corrected chi connectivity index (χ2v) is 10.3. The number of benzene rings is 3. The van der Waals surface area contributed by atoms with Crippen LogP contribution in [0.1, 0.15) is 60.9 Å². The first-order valence-corrected chi connectivity index (χ1v) is 11.9. The Labute approximate surface area is 206 Å². The number of carbonyl (C=O) groups is 1. The summed E-state index contributed by atoms with van der Waals surface area (Å²) in [6, 6.07) is 19.3. The number of carbonyl (C=O) groups excluding carboxylic acids is 1. The molecule has 0 radical (unpaired) electrons. The molecule has 0 heterocycles. The van der Waals surface area contributed by atoms with Crippen LogP contribution in [0.5, 0.6) is 5.75 Å². The minimum absolute atomic E-state index is 0.0522. The molecule has 1 saturated carbocycles. The highest BCUT2D eigenvalue weighted by atomic mass is 16.3. The molecule has 2 N–H and O–H groups in total. The average Bonchev–Trinajstić information content (AvgIpc) is 3.62. The Morgan fingerprint density at radius 3 is 2.26 bits per heavy atom. The number of amides is 1. The van der Waals surface area contributed by atoms with Gasteiger partial charge in [-0.05, 0) is 84.2 Å². The molecule has 1 aliphatic carbocycles. The van der Waals surface area contributed by atoms with Crippen molar-refractivity contribution in [3.63, 3.8) is 0 Å². The van der Waals surface area contributed by atoms with Crippen molar-refractivity contribution >= 4 is 23.5 Å². The molecule has 1 aliphatic rings. The third-order valence-electron chi connectivity index (χ3n) is 6.49. The standard InChI is InChI=1S/C29H32N4O2/c1-18-6-11-23(14-19(18)2)31-32-24-12-13-27(34)21(15-24)17-30-33-28(35)26-16-25(26)20-7-9-22(10-8-20)29(3,4)5/h6-15,17,25-26,34H,16H2,1-5H3,(H,33,35)/b30-17+,32-31?/t25-,26-/m0/s1. The maximum atomic E-state index is 12.5. The number of hydrazone groups is 1. The SMILES string of the molecule is Cc1ccc(N=Nc2ccc(O)c(/C=N/NC(=O)[C@H]3C[C@H]3c3ccc(C(C)(C)C)cc3)c2)cc1C. The Kier molecular flexibility index (Phi) is 6.83. The van der Waals surface area contributed by atoms with Gasteiger partial charge in [-0.3, -0.25) is 4.79 Å². The van der Waals surface area contributed by atoms with Gasteiger partial charge in [0.25, 0.3) is 0 Å². The first-order valence-electron chi connectivity index (χ1n) is 11.9. The van der Waals surface area contributed by atoms with Crippen molar-refractivity contribution in [1.29, 1.82) is 0 Å². The Balaban J connectivity index is 1.35. The van der Waals surface area contributed by atoms with Crippen molar-refractivity contribution in [2.45, 2.75) is 52.4 Å². The summed E-state index contributed by atoms with van der Waals surface area (Å²) in [6.45, 7) is 10.6. The number of nitrogens with zero attached hydrogens (tertiary/aromatic N) is 3. The van der Waals surface area contributed by atoms with Gasteiger partial charge in [-0.2, -0.15) is 15.3 Å². The molecule has 0 saturated heterocycles. The molecular weight excluding hydrogens is 436 g/mol. The summed E-state index contributed by atoms with van der Waals surface area (Å²) in [6.07, 6.45) is 2.24. The van der Waals surface area contributed by atoms with Crippen LogP contribution in [-0.4, -0.2) is 17.2 Å². The van der Waals surface area contributed by atoms with E-state index in [-0.39, 0.29) is 28.9 Å². The van der Waals surface area contributed by atoms with Crippen molar-refractivity contribution in [3.8, 4) is 5.75 Å². The lowest BCUT2D eigenvalue weighted by atomic mass is 9.86. The number of hydrogen-bond donors (Lipinski definition) is 2. The number of aryl methyl sites for hydroxylation is 2. The molecule has 3 aromatic carbocycles. The largest absolute Gasteiger partial charge is 0.507 e. The molecule has 0 bridgehead atoms. The Hall–Kier alpha value is -3.80. The van der Waals surface area contributed by atoms with Crippen LogP contribution in [0.25, 0.3) is 0 Å². The van der Waals surface area contributed by atoms with Crippen molar-refractivity contribution < 1.29 is 9.90 Å². The highest BCUT2D eigenvalue weighted by molar-refractivity contribution is 5.87. The summed E-state index contributed by atoms with van der Waals surface area (Å²) < 4.78 is 0.